The molecule has 2 rings (SSSR count). The zero-order valence-electron chi connectivity index (χ0n) is 9.44. The zero-order valence-corrected chi connectivity index (χ0v) is 11.0. The Morgan fingerprint density at radius 1 is 1.39 bits per heavy atom. The van der Waals surface area contributed by atoms with Gasteiger partial charge >= 0.3 is 0 Å². The molecule has 0 spiro atoms. The summed E-state index contributed by atoms with van der Waals surface area (Å²) >= 11 is 11.8. The van der Waals surface area contributed by atoms with E-state index in [0.29, 0.717) is 28.3 Å². The minimum atomic E-state index is 0.166. The summed E-state index contributed by atoms with van der Waals surface area (Å²) in [6.07, 6.45) is 0.640. The molecule has 1 heterocycles. The lowest BCUT2D eigenvalue weighted by Crippen LogP contribution is -1.99. The third-order valence-electron chi connectivity index (χ3n) is 2.21. The summed E-state index contributed by atoms with van der Waals surface area (Å²) in [4.78, 5) is 10.9. The minimum absolute atomic E-state index is 0.166. The van der Waals surface area contributed by atoms with Crippen molar-refractivity contribution in [2.24, 2.45) is 0 Å². The Morgan fingerprint density at radius 3 is 2.78 bits per heavy atom. The maximum Gasteiger partial charge on any atom is 0.153 e. The van der Waals surface area contributed by atoms with Crippen LogP contribution in [0.5, 0.6) is 5.75 Å². The van der Waals surface area contributed by atoms with Crippen LogP contribution in [0.3, 0.4) is 0 Å². The summed E-state index contributed by atoms with van der Waals surface area (Å²) in [5.41, 5.74) is 0.920. The van der Waals surface area contributed by atoms with Gasteiger partial charge in [-0.2, -0.15) is 0 Å². The molecule has 1 aromatic carbocycles. The minimum Gasteiger partial charge on any atom is -0.485 e. The Bertz CT molecular complexity index is 581. The molecule has 0 bridgehead atoms. The first kappa shape index (κ1) is 12.9. The molecule has 0 N–H and O–H groups in total. The lowest BCUT2D eigenvalue weighted by atomic mass is 10.2. The van der Waals surface area contributed by atoms with Gasteiger partial charge in [0.2, 0.25) is 0 Å². The highest BCUT2D eigenvalue weighted by Crippen LogP contribution is 2.32. The molecule has 0 saturated heterocycles. The standard InChI is InChI=1S/C12H9Cl2NO3/c1-7-2-10(15-18-7)6-17-12-8(5-16)3-9(13)4-11(12)14/h2-5H,6H2,1H3. The van der Waals surface area contributed by atoms with Gasteiger partial charge in [-0.1, -0.05) is 28.4 Å². The van der Waals surface area contributed by atoms with Crippen LogP contribution in [-0.2, 0) is 6.61 Å². The van der Waals surface area contributed by atoms with Gasteiger partial charge in [0.1, 0.15) is 23.8 Å². The molecule has 0 aliphatic rings. The van der Waals surface area contributed by atoms with E-state index in [2.05, 4.69) is 5.16 Å². The molecule has 94 valence electrons. The SMILES string of the molecule is Cc1cc(COc2c(Cl)cc(Cl)cc2C=O)no1. The van der Waals surface area contributed by atoms with Crippen molar-refractivity contribution in [1.82, 2.24) is 5.16 Å². The maximum atomic E-state index is 10.9. The molecule has 0 fully saturated rings. The highest BCUT2D eigenvalue weighted by atomic mass is 35.5. The van der Waals surface area contributed by atoms with E-state index < -0.39 is 0 Å². The van der Waals surface area contributed by atoms with Crippen molar-refractivity contribution in [3.05, 3.63) is 45.3 Å². The number of benzene rings is 1. The summed E-state index contributed by atoms with van der Waals surface area (Å²) in [6.45, 7) is 1.95. The van der Waals surface area contributed by atoms with Crippen LogP contribution in [0, 0.1) is 6.92 Å². The first-order valence-corrected chi connectivity index (χ1v) is 5.85. The predicted molar refractivity (Wildman–Crippen MR) is 67.4 cm³/mol. The van der Waals surface area contributed by atoms with Crippen LogP contribution in [0.25, 0.3) is 0 Å². The van der Waals surface area contributed by atoms with Crippen LogP contribution >= 0.6 is 23.2 Å². The Morgan fingerprint density at radius 2 is 2.17 bits per heavy atom. The number of hydrogen-bond acceptors (Lipinski definition) is 4. The molecule has 0 aliphatic heterocycles. The molecule has 0 saturated carbocycles. The molecule has 0 aliphatic carbocycles. The van der Waals surface area contributed by atoms with E-state index in [-0.39, 0.29) is 17.4 Å². The molecule has 1 aromatic heterocycles. The summed E-state index contributed by atoms with van der Waals surface area (Å²) in [5, 5.41) is 4.44. The summed E-state index contributed by atoms with van der Waals surface area (Å²) in [7, 11) is 0. The largest absolute Gasteiger partial charge is 0.485 e. The molecule has 6 heteroatoms. The van der Waals surface area contributed by atoms with Gasteiger partial charge in [-0.3, -0.25) is 4.79 Å². The fraction of sp³-hybridized carbons (Fsp3) is 0.167. The average molecular weight is 286 g/mol. The van der Waals surface area contributed by atoms with Crippen LogP contribution in [0.2, 0.25) is 10.0 Å². The molecule has 2 aromatic rings. The molecule has 4 nitrogen and oxygen atoms in total. The van der Waals surface area contributed by atoms with Crippen molar-refractivity contribution in [3.63, 3.8) is 0 Å². The van der Waals surface area contributed by atoms with E-state index in [1.807, 2.05) is 0 Å². The molecule has 0 atom stereocenters. The van der Waals surface area contributed by atoms with Gasteiger partial charge in [0.15, 0.2) is 6.29 Å². The molecule has 18 heavy (non-hydrogen) atoms. The third kappa shape index (κ3) is 2.83. The van der Waals surface area contributed by atoms with E-state index in [1.165, 1.54) is 12.1 Å². The molecule has 0 amide bonds. The Kier molecular flexibility index (Phi) is 3.89. The number of carbonyl (C=O) groups is 1. The zero-order chi connectivity index (χ0) is 13.1. The molecule has 0 unspecified atom stereocenters. The van der Waals surface area contributed by atoms with Crippen molar-refractivity contribution in [1.29, 1.82) is 0 Å². The van der Waals surface area contributed by atoms with E-state index >= 15 is 0 Å². The molecule has 0 radical (unpaired) electrons. The van der Waals surface area contributed by atoms with Crippen molar-refractivity contribution < 1.29 is 14.1 Å². The first-order valence-electron chi connectivity index (χ1n) is 5.09. The number of halogens is 2. The van der Waals surface area contributed by atoms with Gasteiger partial charge in [0.05, 0.1) is 10.6 Å². The second-order valence-corrected chi connectivity index (χ2v) is 4.49. The van der Waals surface area contributed by atoms with Gasteiger partial charge < -0.3 is 9.26 Å². The number of aryl methyl sites for hydroxylation is 1. The van der Waals surface area contributed by atoms with Crippen LogP contribution in [0.1, 0.15) is 21.8 Å². The van der Waals surface area contributed by atoms with Crippen LogP contribution < -0.4 is 4.74 Å². The van der Waals surface area contributed by atoms with E-state index in [9.17, 15) is 4.79 Å². The van der Waals surface area contributed by atoms with Gasteiger partial charge in [-0.15, -0.1) is 0 Å². The number of ether oxygens (including phenoxy) is 1. The monoisotopic (exact) mass is 285 g/mol. The number of rotatable bonds is 4. The van der Waals surface area contributed by atoms with Crippen molar-refractivity contribution in [3.8, 4) is 5.75 Å². The Hall–Kier alpha value is -1.52. The Balaban J connectivity index is 2.20. The summed E-state index contributed by atoms with van der Waals surface area (Å²) in [5.74, 6) is 0.975. The fourth-order valence-corrected chi connectivity index (χ4v) is 2.02. The second kappa shape index (κ2) is 5.42. The van der Waals surface area contributed by atoms with Gasteiger partial charge in [0.25, 0.3) is 0 Å². The van der Waals surface area contributed by atoms with E-state index in [4.69, 9.17) is 32.5 Å². The predicted octanol–water partition coefficient (Wildman–Crippen LogP) is 3.68. The van der Waals surface area contributed by atoms with Gasteiger partial charge in [0, 0.05) is 11.1 Å². The third-order valence-corrected chi connectivity index (χ3v) is 2.70. The fourth-order valence-electron chi connectivity index (χ4n) is 1.45. The lowest BCUT2D eigenvalue weighted by molar-refractivity contribution is 0.111. The van der Waals surface area contributed by atoms with Crippen LogP contribution in [0.15, 0.2) is 22.7 Å². The number of nitrogens with zero attached hydrogens (tertiary/aromatic N) is 1. The summed E-state index contributed by atoms with van der Waals surface area (Å²) < 4.78 is 10.4. The van der Waals surface area contributed by atoms with Crippen LogP contribution in [-0.4, -0.2) is 11.4 Å². The summed E-state index contributed by atoms with van der Waals surface area (Å²) in [6, 6.07) is 4.74. The number of carbonyl (C=O) groups excluding carboxylic acids is 1. The van der Waals surface area contributed by atoms with Gasteiger partial charge in [-0.05, 0) is 19.1 Å². The smallest absolute Gasteiger partial charge is 0.153 e. The highest BCUT2D eigenvalue weighted by molar-refractivity contribution is 6.36. The van der Waals surface area contributed by atoms with Crippen molar-refractivity contribution in [2.45, 2.75) is 13.5 Å². The quantitative estimate of drug-likeness (QED) is 0.804. The molecular weight excluding hydrogens is 277 g/mol. The number of aromatic nitrogens is 1. The van der Waals surface area contributed by atoms with Crippen molar-refractivity contribution in [2.75, 3.05) is 0 Å². The van der Waals surface area contributed by atoms with E-state index in [0.717, 1.165) is 0 Å². The van der Waals surface area contributed by atoms with Crippen LogP contribution in [0.4, 0.5) is 0 Å². The average Bonchev–Trinajstić information content (AvgIpc) is 2.73. The Labute approximate surface area is 113 Å². The van der Waals surface area contributed by atoms with Crippen molar-refractivity contribution >= 4 is 29.5 Å². The lowest BCUT2D eigenvalue weighted by Gasteiger charge is -2.09. The number of hydrogen-bond donors (Lipinski definition) is 0. The second-order valence-electron chi connectivity index (χ2n) is 3.64. The highest BCUT2D eigenvalue weighted by Gasteiger charge is 2.11. The number of aldehydes is 1. The topological polar surface area (TPSA) is 52.3 Å². The van der Waals surface area contributed by atoms with Gasteiger partial charge in [-0.25, -0.2) is 0 Å². The normalized spacial score (nSPS) is 10.4. The molecular formula is C12H9Cl2NO3. The maximum absolute atomic E-state index is 10.9. The van der Waals surface area contributed by atoms with E-state index in [1.54, 1.807) is 13.0 Å². The first-order chi connectivity index (χ1) is 8.60.